The van der Waals surface area contributed by atoms with Crippen molar-refractivity contribution in [2.24, 2.45) is 0 Å². The summed E-state index contributed by atoms with van der Waals surface area (Å²) in [6.07, 6.45) is 6.15. The first-order chi connectivity index (χ1) is 26.4. The van der Waals surface area contributed by atoms with E-state index < -0.39 is 15.6 Å². The maximum atomic E-state index is 12.3. The molecule has 0 N–H and O–H groups in total. The number of rotatable bonds is 8. The monoisotopic (exact) mass is 924 g/mol. The molecule has 6 aromatic rings. The Morgan fingerprint density at radius 2 is 0.475 bits per heavy atom. The summed E-state index contributed by atoms with van der Waals surface area (Å²) in [4.78, 5) is 73.5. The Kier molecular flexibility index (Phi) is 14.6. The van der Waals surface area contributed by atoms with Crippen molar-refractivity contribution in [1.82, 2.24) is 29.9 Å². The Hall–Kier alpha value is -5.88. The molecule has 0 bridgehead atoms. The van der Waals surface area contributed by atoms with Crippen LogP contribution in [-0.4, -0.2) is 53.0 Å². The van der Waals surface area contributed by atoms with Crippen LogP contribution in [0.15, 0.2) is 134 Å². The van der Waals surface area contributed by atoms with E-state index in [0.29, 0.717) is 0 Å². The van der Waals surface area contributed by atoms with Crippen LogP contribution in [0.25, 0.3) is 0 Å². The molecule has 0 fully saturated rings. The molecule has 0 atom stereocenters. The minimum atomic E-state index is -10.7. The van der Waals surface area contributed by atoms with Crippen LogP contribution in [0.5, 0.6) is 0 Å². The summed E-state index contributed by atoms with van der Waals surface area (Å²) in [5.41, 5.74) is 1.88. The molecule has 314 valence electrons. The average Bonchev–Trinajstić information content (AvgIpc) is 3.16. The van der Waals surface area contributed by atoms with Crippen LogP contribution in [0.2, 0.25) is 0 Å². The van der Waals surface area contributed by atoms with Crippen LogP contribution in [0.3, 0.4) is 0 Å². The summed E-state index contributed by atoms with van der Waals surface area (Å²) in [6.45, 7) is 0. The van der Waals surface area contributed by atoms with Gasteiger partial charge in [0.1, 0.15) is 45.6 Å². The molecule has 6 aromatic heterocycles. The summed E-state index contributed by atoms with van der Waals surface area (Å²) in [7, 11) is -21.3. The Balaban J connectivity index is 0.000000306. The normalized spacial score (nSPS) is 13.1. The topological polar surface area (TPSA) is 146 Å². The Bertz CT molecular complexity index is 2080. The molecular formula is C34H22F12FeN6O4P2. The minimum Gasteiger partial charge on any atom is -0.285 e. The molecule has 10 nitrogen and oxygen atoms in total. The number of pyridine rings is 6. The molecule has 0 spiro atoms. The number of hydrogen-bond donors (Lipinski definition) is 0. The van der Waals surface area contributed by atoms with Crippen molar-refractivity contribution in [2.45, 2.75) is 0 Å². The summed E-state index contributed by atoms with van der Waals surface area (Å²) in [5.74, 6) is -1.29. The summed E-state index contributed by atoms with van der Waals surface area (Å²) in [5, 5.41) is 0. The van der Waals surface area contributed by atoms with Crippen molar-refractivity contribution in [3.05, 3.63) is 180 Å². The van der Waals surface area contributed by atoms with Crippen molar-refractivity contribution in [3.8, 4) is 0 Å². The summed E-state index contributed by atoms with van der Waals surface area (Å²) in [6, 6.07) is 29.7. The van der Waals surface area contributed by atoms with E-state index in [2.05, 4.69) is 29.9 Å². The van der Waals surface area contributed by atoms with E-state index in [1.165, 1.54) is 24.8 Å². The number of ketones is 4. The van der Waals surface area contributed by atoms with Crippen LogP contribution in [0.1, 0.15) is 64.7 Å². The largest absolute Gasteiger partial charge is 2.00 e. The van der Waals surface area contributed by atoms with Gasteiger partial charge < -0.3 is 0 Å². The smallest absolute Gasteiger partial charge is 0.285 e. The Morgan fingerprint density at radius 3 is 0.627 bits per heavy atom. The predicted molar refractivity (Wildman–Crippen MR) is 186 cm³/mol. The van der Waals surface area contributed by atoms with E-state index in [0.717, 1.165) is 0 Å². The van der Waals surface area contributed by atoms with Crippen molar-refractivity contribution in [1.29, 1.82) is 0 Å². The van der Waals surface area contributed by atoms with Crippen molar-refractivity contribution in [2.75, 3.05) is 0 Å². The van der Waals surface area contributed by atoms with Gasteiger partial charge in [0.05, 0.1) is 0 Å². The molecule has 0 saturated heterocycles. The second-order valence-corrected chi connectivity index (χ2v) is 14.7. The van der Waals surface area contributed by atoms with E-state index in [-0.39, 0.29) is 85.8 Å². The fraction of sp³-hybridized carbons (Fsp3) is 0. The van der Waals surface area contributed by atoms with Crippen LogP contribution in [-0.2, 0) is 17.1 Å². The molecule has 59 heavy (non-hydrogen) atoms. The standard InChI is InChI=1S/2C17H11N3O2.2F6P.Fe/c2*21-16(12-6-1-3-10-18-12)14-8-5-9-15(20-14)17(22)13-7-2-4-11-19-13;2*1-7(2,3,4,5)6;/h2*1-11H;;;/q;;2*-1;+2. The third-order valence-corrected chi connectivity index (χ3v) is 6.02. The fourth-order valence-corrected chi connectivity index (χ4v) is 3.89. The van der Waals surface area contributed by atoms with E-state index in [1.807, 2.05) is 0 Å². The fourth-order valence-electron chi connectivity index (χ4n) is 3.89. The predicted octanol–water partition coefficient (Wildman–Crippen LogP) is 11.4. The van der Waals surface area contributed by atoms with Gasteiger partial charge in [-0.05, 0) is 72.8 Å². The summed E-state index contributed by atoms with van der Waals surface area (Å²) < 4.78 is 118. The van der Waals surface area contributed by atoms with Gasteiger partial charge in [0.15, 0.2) is 0 Å². The van der Waals surface area contributed by atoms with Crippen LogP contribution >= 0.6 is 15.6 Å². The number of hydrogen-bond acceptors (Lipinski definition) is 10. The first-order valence-corrected chi connectivity index (χ1v) is 19.4. The molecule has 0 aromatic carbocycles. The van der Waals surface area contributed by atoms with Crippen molar-refractivity contribution >= 4 is 38.7 Å². The zero-order valence-corrected chi connectivity index (χ0v) is 31.7. The molecule has 25 heteroatoms. The number of carbonyl (C=O) groups is 4. The quantitative estimate of drug-likeness (QED) is 0.0626. The molecular weight excluding hydrogens is 902 g/mol. The zero-order valence-electron chi connectivity index (χ0n) is 28.8. The van der Waals surface area contributed by atoms with Gasteiger partial charge in [-0.3, -0.25) is 39.1 Å². The van der Waals surface area contributed by atoms with Gasteiger partial charge in [-0.15, -0.1) is 0 Å². The SMILES string of the molecule is F[P-](F)(F)(F)(F)F.F[P-](F)(F)(F)(F)F.O=C(c1ccccn1)c1cccc(C(=O)c2ccccn2)n1.O=C(c1ccccn1)c1cccc(C(=O)c2ccccn2)n1.[Fe+2]. The van der Waals surface area contributed by atoms with Gasteiger partial charge in [-0.1, -0.05) is 36.4 Å². The number of aromatic nitrogens is 6. The first-order valence-electron chi connectivity index (χ1n) is 15.3. The maximum Gasteiger partial charge on any atom is 2.00 e. The molecule has 0 saturated carbocycles. The molecule has 0 unspecified atom stereocenters. The second kappa shape index (κ2) is 17.5. The molecule has 0 aliphatic carbocycles. The molecule has 0 aliphatic rings. The van der Waals surface area contributed by atoms with E-state index >= 15 is 0 Å². The zero-order chi connectivity index (χ0) is 43.5. The van der Waals surface area contributed by atoms with Crippen molar-refractivity contribution < 1.29 is 86.6 Å². The van der Waals surface area contributed by atoms with Gasteiger partial charge in [-0.25, -0.2) is 9.97 Å². The third-order valence-electron chi connectivity index (χ3n) is 6.02. The van der Waals surface area contributed by atoms with Crippen molar-refractivity contribution in [3.63, 3.8) is 0 Å². The van der Waals surface area contributed by atoms with Gasteiger partial charge in [0, 0.05) is 24.8 Å². The third kappa shape index (κ3) is 21.5. The number of nitrogens with zero attached hydrogens (tertiary/aromatic N) is 6. The van der Waals surface area contributed by atoms with E-state index in [1.54, 1.807) is 109 Å². The first kappa shape index (κ1) is 49.3. The number of halogens is 12. The second-order valence-electron chi connectivity index (χ2n) is 10.9. The van der Waals surface area contributed by atoms with E-state index in [9.17, 15) is 69.5 Å². The molecule has 0 aliphatic heterocycles. The average molecular weight is 924 g/mol. The molecule has 0 radical (unpaired) electrons. The van der Waals surface area contributed by atoms with Crippen LogP contribution < -0.4 is 0 Å². The van der Waals surface area contributed by atoms with Gasteiger partial charge in [-0.2, -0.15) is 0 Å². The van der Waals surface area contributed by atoms with Gasteiger partial charge in [0.2, 0.25) is 23.1 Å². The Labute approximate surface area is 334 Å². The van der Waals surface area contributed by atoms with Crippen LogP contribution in [0, 0.1) is 0 Å². The van der Waals surface area contributed by atoms with E-state index in [4.69, 9.17) is 0 Å². The van der Waals surface area contributed by atoms with Gasteiger partial charge >= 0.3 is 83.0 Å². The summed E-state index contributed by atoms with van der Waals surface area (Å²) >= 11 is 0. The Morgan fingerprint density at radius 1 is 0.305 bits per heavy atom. The minimum absolute atomic E-state index is 0. The maximum absolute atomic E-state index is 12.3. The molecule has 6 rings (SSSR count). The number of carbonyl (C=O) groups excluding carboxylic acids is 4. The molecule has 6 heterocycles. The van der Waals surface area contributed by atoms with Gasteiger partial charge in [0.25, 0.3) is 0 Å². The molecule has 0 amide bonds. The van der Waals surface area contributed by atoms with Crippen LogP contribution in [0.4, 0.5) is 50.4 Å².